The Hall–Kier alpha value is -6.12. The zero-order valence-corrected chi connectivity index (χ0v) is 26.5. The molecule has 0 fully saturated rings. The van der Waals surface area contributed by atoms with Gasteiger partial charge in [0.2, 0.25) is 0 Å². The van der Waals surface area contributed by atoms with Crippen LogP contribution in [-0.4, -0.2) is 0 Å². The number of para-hydroxylation sites is 2. The van der Waals surface area contributed by atoms with Gasteiger partial charge in [0.1, 0.15) is 11.3 Å². The molecule has 0 atom stereocenters. The minimum atomic E-state index is 0.917. The van der Waals surface area contributed by atoms with Gasteiger partial charge in [-0.15, -0.1) is 0 Å². The largest absolute Gasteiger partial charge is 0.460 e. The van der Waals surface area contributed by atoms with Crippen LogP contribution in [0.5, 0.6) is 0 Å². The quantitative estimate of drug-likeness (QED) is 0.185. The summed E-state index contributed by atoms with van der Waals surface area (Å²) in [6.45, 7) is 0. The zero-order valence-electron chi connectivity index (χ0n) is 26.5. The molecule has 1 aliphatic carbocycles. The van der Waals surface area contributed by atoms with Crippen molar-refractivity contribution in [2.24, 2.45) is 0 Å². The maximum absolute atomic E-state index is 6.53. The van der Waals surface area contributed by atoms with Crippen molar-refractivity contribution in [3.63, 3.8) is 0 Å². The molecule has 228 valence electrons. The highest BCUT2D eigenvalue weighted by molar-refractivity contribution is 6.09. The smallest absolute Gasteiger partial charge is 0.137 e. The van der Waals surface area contributed by atoms with Gasteiger partial charge in [0, 0.05) is 40.3 Å². The van der Waals surface area contributed by atoms with Crippen molar-refractivity contribution in [3.8, 4) is 33.4 Å². The molecule has 8 aromatic rings. The van der Waals surface area contributed by atoms with Crippen molar-refractivity contribution in [1.82, 2.24) is 0 Å². The molecule has 0 N–H and O–H groups in total. The van der Waals surface area contributed by atoms with Crippen molar-refractivity contribution in [1.29, 1.82) is 0 Å². The van der Waals surface area contributed by atoms with Crippen molar-refractivity contribution in [2.45, 2.75) is 12.8 Å². The molecule has 0 radical (unpaired) electrons. The lowest BCUT2D eigenvalue weighted by Crippen LogP contribution is -2.12. The number of aryl methyl sites for hydroxylation is 1. The number of nitrogens with zero attached hydrogens (tertiary/aromatic N) is 1. The predicted molar refractivity (Wildman–Crippen MR) is 202 cm³/mol. The first-order chi connectivity index (χ1) is 23.8. The number of rotatable bonds is 6. The van der Waals surface area contributed by atoms with Gasteiger partial charge < -0.3 is 9.32 Å². The Morgan fingerprint density at radius 3 is 1.85 bits per heavy atom. The molecule has 0 amide bonds. The number of benzene rings is 7. The molecule has 0 aliphatic heterocycles. The number of hydrogen-bond donors (Lipinski definition) is 0. The molecule has 48 heavy (non-hydrogen) atoms. The lowest BCUT2D eigenvalue weighted by molar-refractivity contribution is 0.546. The molecule has 1 aromatic heterocycles. The molecule has 9 rings (SSSR count). The molecular weight excluding hydrogens is 583 g/mol. The van der Waals surface area contributed by atoms with Crippen LogP contribution in [-0.2, 0) is 6.42 Å². The van der Waals surface area contributed by atoms with Crippen molar-refractivity contribution in [2.75, 3.05) is 4.90 Å². The summed E-state index contributed by atoms with van der Waals surface area (Å²) in [5.41, 5.74) is 12.5. The van der Waals surface area contributed by atoms with Gasteiger partial charge in [0.25, 0.3) is 0 Å². The molecule has 2 heteroatoms. The molecule has 0 saturated heterocycles. The third-order valence-corrected chi connectivity index (χ3v) is 9.52. The van der Waals surface area contributed by atoms with Crippen LogP contribution in [0.2, 0.25) is 0 Å². The van der Waals surface area contributed by atoms with E-state index in [1.807, 2.05) is 0 Å². The highest BCUT2D eigenvalue weighted by atomic mass is 16.3. The van der Waals surface area contributed by atoms with Crippen LogP contribution in [0.3, 0.4) is 0 Å². The van der Waals surface area contributed by atoms with Crippen molar-refractivity contribution < 1.29 is 4.42 Å². The van der Waals surface area contributed by atoms with E-state index in [4.69, 9.17) is 4.42 Å². The summed E-state index contributed by atoms with van der Waals surface area (Å²) in [5.74, 6) is 1.07. The van der Waals surface area contributed by atoms with Gasteiger partial charge in [-0.2, -0.15) is 0 Å². The number of allylic oxidation sites excluding steroid dienone is 1. The Morgan fingerprint density at radius 1 is 0.500 bits per heavy atom. The Labute approximate surface area is 280 Å². The highest BCUT2D eigenvalue weighted by Crippen LogP contribution is 2.47. The molecule has 1 aliphatic rings. The van der Waals surface area contributed by atoms with E-state index in [0.29, 0.717) is 0 Å². The first kappa shape index (κ1) is 28.1. The number of anilines is 3. The first-order valence-electron chi connectivity index (χ1n) is 16.7. The van der Waals surface area contributed by atoms with Crippen LogP contribution >= 0.6 is 0 Å². The lowest BCUT2D eigenvalue weighted by atomic mass is 9.90. The lowest BCUT2D eigenvalue weighted by Gasteiger charge is -2.30. The van der Waals surface area contributed by atoms with Crippen LogP contribution in [0.4, 0.5) is 17.1 Å². The molecule has 0 saturated carbocycles. The average Bonchev–Trinajstić information content (AvgIpc) is 3.54. The van der Waals surface area contributed by atoms with Crippen LogP contribution in [0.15, 0.2) is 174 Å². The molecule has 7 aromatic carbocycles. The van der Waals surface area contributed by atoms with E-state index < -0.39 is 0 Å². The third kappa shape index (κ3) is 4.82. The van der Waals surface area contributed by atoms with Gasteiger partial charge in [0.15, 0.2) is 0 Å². The Balaban J connectivity index is 1.32. The van der Waals surface area contributed by atoms with Crippen LogP contribution in [0.1, 0.15) is 17.7 Å². The minimum Gasteiger partial charge on any atom is -0.460 e. The summed E-state index contributed by atoms with van der Waals surface area (Å²) in [6, 6.07) is 58.9. The van der Waals surface area contributed by atoms with Crippen molar-refractivity contribution >= 4 is 44.9 Å². The van der Waals surface area contributed by atoms with Crippen LogP contribution < -0.4 is 4.90 Å². The van der Waals surface area contributed by atoms with E-state index in [-0.39, 0.29) is 0 Å². The van der Waals surface area contributed by atoms with E-state index in [2.05, 4.69) is 181 Å². The number of hydrogen-bond acceptors (Lipinski definition) is 2. The van der Waals surface area contributed by atoms with Gasteiger partial charge >= 0.3 is 0 Å². The van der Waals surface area contributed by atoms with Gasteiger partial charge in [0.05, 0.1) is 11.4 Å². The summed E-state index contributed by atoms with van der Waals surface area (Å²) in [7, 11) is 0. The number of furan rings is 1. The summed E-state index contributed by atoms with van der Waals surface area (Å²) >= 11 is 0. The maximum atomic E-state index is 6.53. The normalized spacial score (nSPS) is 12.3. The van der Waals surface area contributed by atoms with E-state index in [1.54, 1.807) is 0 Å². The van der Waals surface area contributed by atoms with E-state index in [9.17, 15) is 0 Å². The summed E-state index contributed by atoms with van der Waals surface area (Å²) in [4.78, 5) is 2.42. The highest BCUT2D eigenvalue weighted by Gasteiger charge is 2.23. The van der Waals surface area contributed by atoms with E-state index in [1.165, 1.54) is 38.6 Å². The summed E-state index contributed by atoms with van der Waals surface area (Å²) < 4.78 is 6.53. The van der Waals surface area contributed by atoms with Crippen LogP contribution in [0.25, 0.3) is 61.2 Å². The maximum Gasteiger partial charge on any atom is 0.137 e. The minimum absolute atomic E-state index is 0.917. The fourth-order valence-electron chi connectivity index (χ4n) is 7.34. The van der Waals surface area contributed by atoms with Gasteiger partial charge in [-0.1, -0.05) is 146 Å². The third-order valence-electron chi connectivity index (χ3n) is 9.52. The molecular formula is C46H33NO. The molecule has 1 heterocycles. The second-order valence-corrected chi connectivity index (χ2v) is 12.4. The first-order valence-corrected chi connectivity index (χ1v) is 16.7. The monoisotopic (exact) mass is 615 g/mol. The standard InChI is InChI=1S/C46H33NO/c1-3-15-32(16-4-1)36-21-7-10-26-42(36)47(35-29-30-40-39-23-9-12-28-44(39)48-45(40)31-35)43-27-11-8-22-38(43)41-25-14-20-34-19-13-24-37(46(34)41)33-17-5-2-6-18-33/h1-11,13-27,29-31H,12,28H2. The fourth-order valence-corrected chi connectivity index (χ4v) is 7.34. The number of fused-ring (bicyclic) bond motifs is 4. The molecule has 0 bridgehead atoms. The summed E-state index contributed by atoms with van der Waals surface area (Å²) in [5, 5.41) is 3.63. The predicted octanol–water partition coefficient (Wildman–Crippen LogP) is 13.0. The van der Waals surface area contributed by atoms with Crippen molar-refractivity contribution in [3.05, 3.63) is 181 Å². The van der Waals surface area contributed by atoms with E-state index in [0.717, 1.165) is 57.8 Å². The molecule has 2 nitrogen and oxygen atoms in total. The molecule has 0 spiro atoms. The Bertz CT molecular complexity index is 2450. The van der Waals surface area contributed by atoms with Gasteiger partial charge in [-0.05, 0) is 63.7 Å². The second kappa shape index (κ2) is 11.9. The fraction of sp³-hybridized carbons (Fsp3) is 0.0435. The topological polar surface area (TPSA) is 16.4 Å². The Kier molecular flexibility index (Phi) is 6.98. The van der Waals surface area contributed by atoms with Gasteiger partial charge in [-0.25, -0.2) is 0 Å². The second-order valence-electron chi connectivity index (χ2n) is 12.4. The van der Waals surface area contributed by atoms with E-state index >= 15 is 0 Å². The average molecular weight is 616 g/mol. The Morgan fingerprint density at radius 2 is 1.10 bits per heavy atom. The van der Waals surface area contributed by atoms with Crippen LogP contribution in [0, 0.1) is 0 Å². The molecule has 0 unspecified atom stereocenters. The zero-order chi connectivity index (χ0) is 31.9. The summed E-state index contributed by atoms with van der Waals surface area (Å²) in [6.07, 6.45) is 6.41. The SMILES string of the molecule is C1=Cc2c(oc3cc(N(c4ccccc4-c4ccccc4)c4ccccc4-c4cccc5cccc(-c6ccccc6)c45)ccc23)CC1. The van der Waals surface area contributed by atoms with Gasteiger partial charge in [-0.3, -0.25) is 0 Å².